The first kappa shape index (κ1) is 26.8. The molecule has 0 unspecified atom stereocenters. The second-order valence-corrected chi connectivity index (χ2v) is 11.2. The number of pyridine rings is 1. The summed E-state index contributed by atoms with van der Waals surface area (Å²) < 4.78 is 6.72. The van der Waals surface area contributed by atoms with Gasteiger partial charge in [-0.1, -0.05) is 79.5 Å². The van der Waals surface area contributed by atoms with E-state index in [4.69, 9.17) is 0 Å². The molecule has 0 spiro atoms. The van der Waals surface area contributed by atoms with Crippen molar-refractivity contribution in [3.8, 4) is 5.82 Å². The van der Waals surface area contributed by atoms with Crippen molar-refractivity contribution in [3.63, 3.8) is 0 Å². The van der Waals surface area contributed by atoms with E-state index < -0.39 is 0 Å². The van der Waals surface area contributed by atoms with Gasteiger partial charge in [-0.25, -0.2) is 4.57 Å². The van der Waals surface area contributed by atoms with Gasteiger partial charge in [0.1, 0.15) is 5.69 Å². The van der Waals surface area contributed by atoms with Gasteiger partial charge < -0.3 is 0 Å². The van der Waals surface area contributed by atoms with E-state index in [1.54, 1.807) is 0 Å². The summed E-state index contributed by atoms with van der Waals surface area (Å²) in [5, 5.41) is 0. The molecule has 0 fully saturated rings. The summed E-state index contributed by atoms with van der Waals surface area (Å²) in [6.45, 7) is 20.5. The third-order valence-corrected chi connectivity index (χ3v) is 6.40. The largest absolute Gasteiger partial charge is 0.342 e. The van der Waals surface area contributed by atoms with Crippen LogP contribution in [0.2, 0.25) is 0 Å². The molecule has 0 bridgehead atoms. The van der Waals surface area contributed by atoms with Gasteiger partial charge in [-0.2, -0.15) is 0 Å². The van der Waals surface area contributed by atoms with Crippen LogP contribution in [0, 0.1) is 5.41 Å². The first-order chi connectivity index (χ1) is 15.3. The lowest BCUT2D eigenvalue weighted by atomic mass is 9.82. The van der Waals surface area contributed by atoms with Gasteiger partial charge in [-0.15, -0.1) is 0 Å². The number of rotatable bonds is 7. The zero-order valence-electron chi connectivity index (χ0n) is 23.1. The molecule has 0 aliphatic heterocycles. The Morgan fingerprint density at radius 2 is 1.70 bits per heavy atom. The maximum Gasteiger partial charge on any atom is 0.342 e. The van der Waals surface area contributed by atoms with Gasteiger partial charge in [0.05, 0.1) is 13.1 Å². The van der Waals surface area contributed by atoms with Crippen LogP contribution in [0.1, 0.15) is 92.8 Å². The topological polar surface area (TPSA) is 12.7 Å². The van der Waals surface area contributed by atoms with E-state index in [9.17, 15) is 0 Å². The molecule has 0 amide bonds. The van der Waals surface area contributed by atoms with Gasteiger partial charge in [0, 0.05) is 16.3 Å². The van der Waals surface area contributed by atoms with Gasteiger partial charge in [-0.3, -0.25) is 0 Å². The zero-order valence-corrected chi connectivity index (χ0v) is 23.1. The van der Waals surface area contributed by atoms with Crippen LogP contribution in [0.25, 0.3) is 11.4 Å². The highest BCUT2D eigenvalue weighted by Gasteiger charge is 2.28. The maximum atomic E-state index is 2.45. The lowest BCUT2D eigenvalue weighted by molar-refractivity contribution is -0.765. The molecule has 2 heterocycles. The van der Waals surface area contributed by atoms with Crippen molar-refractivity contribution in [1.29, 1.82) is 0 Å². The van der Waals surface area contributed by atoms with E-state index in [2.05, 4.69) is 139 Å². The predicted molar refractivity (Wildman–Crippen MR) is 141 cm³/mol. The second-order valence-electron chi connectivity index (χ2n) is 11.2. The average molecular weight is 450 g/mol. The van der Waals surface area contributed by atoms with Crippen molar-refractivity contribution in [2.24, 2.45) is 19.5 Å². The first-order valence-electron chi connectivity index (χ1n) is 12.5. The predicted octanol–water partition coefficient (Wildman–Crippen LogP) is 6.94. The molecule has 33 heavy (non-hydrogen) atoms. The highest BCUT2D eigenvalue weighted by Crippen LogP contribution is 2.34. The zero-order chi connectivity index (χ0) is 25.0. The van der Waals surface area contributed by atoms with Crippen LogP contribution in [-0.2, 0) is 19.5 Å². The fraction of sp³-hybridized carbons (Fsp3) is 0.533. The molecular weight excluding hydrogens is 402 g/mol. The standard InChI is InChI=1S/C30H47N3/c1-12-16-23(14-3)26(20-24(17-13-2)29(4,5)6)27-21-25(30(7,8)9)22-28(32(27)11)33-19-15-18-31(33)10/h13,15,17-22H,12,14,16H2,1-11H3/q+2. The molecule has 0 saturated carbocycles. The minimum Gasteiger partial charge on any atom is -0.225 e. The Labute approximate surface area is 203 Å². The molecule has 2 aromatic rings. The molecule has 0 atom stereocenters. The van der Waals surface area contributed by atoms with E-state index in [1.807, 2.05) is 0 Å². The van der Waals surface area contributed by atoms with Crippen molar-refractivity contribution in [2.45, 2.75) is 87.0 Å². The number of hydrogen-bond donors (Lipinski definition) is 0. The van der Waals surface area contributed by atoms with Crippen molar-refractivity contribution in [2.75, 3.05) is 0 Å². The molecule has 3 nitrogen and oxygen atoms in total. The van der Waals surface area contributed by atoms with Crippen molar-refractivity contribution in [3.05, 3.63) is 71.2 Å². The van der Waals surface area contributed by atoms with Crippen LogP contribution < -0.4 is 9.25 Å². The number of aromatic nitrogens is 3. The quantitative estimate of drug-likeness (QED) is 0.321. The molecule has 180 valence electrons. The Kier molecular flexibility index (Phi) is 8.68. The Bertz CT molecular complexity index is 1050. The summed E-state index contributed by atoms with van der Waals surface area (Å²) in [4.78, 5) is 0. The Morgan fingerprint density at radius 1 is 1.03 bits per heavy atom. The SMILES string of the molecule is CC=CC(=CC(=C(CC)CCC)c1cc(C(C)(C)C)cc(-n2ccc[n+]2C)[n+]1C)C(C)(C)C. The highest BCUT2D eigenvalue weighted by molar-refractivity contribution is 5.75. The number of aryl methyl sites for hydroxylation is 1. The Hall–Kier alpha value is -2.42. The molecular formula is C30H47N3+2. The van der Waals surface area contributed by atoms with Crippen LogP contribution in [0.15, 0.2) is 60.0 Å². The number of hydrogen-bond acceptors (Lipinski definition) is 0. The lowest BCUT2D eigenvalue weighted by Gasteiger charge is -2.24. The smallest absolute Gasteiger partial charge is 0.225 e. The van der Waals surface area contributed by atoms with Gasteiger partial charge in [0.2, 0.25) is 6.20 Å². The molecule has 3 heteroatoms. The van der Waals surface area contributed by atoms with E-state index in [0.717, 1.165) is 19.3 Å². The molecule has 0 aromatic carbocycles. The Morgan fingerprint density at radius 3 is 2.15 bits per heavy atom. The lowest BCUT2D eigenvalue weighted by Crippen LogP contribution is -2.46. The molecule has 2 rings (SSSR count). The summed E-state index contributed by atoms with van der Waals surface area (Å²) in [6.07, 6.45) is 14.4. The third kappa shape index (κ3) is 6.34. The highest BCUT2D eigenvalue weighted by atomic mass is 15.4. The fourth-order valence-electron chi connectivity index (χ4n) is 4.23. The Balaban J connectivity index is 3.01. The van der Waals surface area contributed by atoms with Crippen LogP contribution in [0.4, 0.5) is 0 Å². The maximum absolute atomic E-state index is 2.45. The van der Waals surface area contributed by atoms with E-state index in [0.29, 0.717) is 0 Å². The second kappa shape index (κ2) is 10.7. The van der Waals surface area contributed by atoms with Crippen molar-refractivity contribution in [1.82, 2.24) is 4.68 Å². The summed E-state index contributed by atoms with van der Waals surface area (Å²) in [5.41, 5.74) is 6.99. The summed E-state index contributed by atoms with van der Waals surface area (Å²) in [7, 11) is 4.30. The molecule has 0 aliphatic rings. The molecule has 0 radical (unpaired) electrons. The van der Waals surface area contributed by atoms with Crippen LogP contribution in [-0.4, -0.2) is 4.68 Å². The average Bonchev–Trinajstić information content (AvgIpc) is 3.14. The fourth-order valence-corrected chi connectivity index (χ4v) is 4.23. The molecule has 0 aliphatic carbocycles. The van der Waals surface area contributed by atoms with E-state index in [-0.39, 0.29) is 10.8 Å². The third-order valence-electron chi connectivity index (χ3n) is 6.40. The summed E-state index contributed by atoms with van der Waals surface area (Å²) >= 11 is 0. The first-order valence-corrected chi connectivity index (χ1v) is 12.5. The van der Waals surface area contributed by atoms with Crippen LogP contribution in [0.3, 0.4) is 0 Å². The van der Waals surface area contributed by atoms with E-state index in [1.165, 1.54) is 33.8 Å². The minimum absolute atomic E-state index is 0.0472. The molecule has 2 aromatic heterocycles. The van der Waals surface area contributed by atoms with Gasteiger partial charge in [-0.05, 0) is 58.6 Å². The van der Waals surface area contributed by atoms with Gasteiger partial charge in [0.25, 0.3) is 0 Å². The minimum atomic E-state index is 0.0472. The van der Waals surface area contributed by atoms with E-state index >= 15 is 0 Å². The van der Waals surface area contributed by atoms with Crippen LogP contribution >= 0.6 is 0 Å². The summed E-state index contributed by atoms with van der Waals surface area (Å²) in [5.74, 6) is 1.17. The van der Waals surface area contributed by atoms with Crippen molar-refractivity contribution >= 4 is 5.57 Å². The normalized spacial score (nSPS) is 14.2. The van der Waals surface area contributed by atoms with Crippen molar-refractivity contribution < 1.29 is 9.25 Å². The number of allylic oxidation sites excluding steroid dienone is 6. The van der Waals surface area contributed by atoms with Gasteiger partial charge >= 0.3 is 5.82 Å². The monoisotopic (exact) mass is 449 g/mol. The summed E-state index contributed by atoms with van der Waals surface area (Å²) in [6, 6.07) is 6.85. The number of nitrogens with zero attached hydrogens (tertiary/aromatic N) is 3. The van der Waals surface area contributed by atoms with Crippen LogP contribution in [0.5, 0.6) is 0 Å². The molecule has 0 N–H and O–H groups in total. The van der Waals surface area contributed by atoms with Gasteiger partial charge in [0.15, 0.2) is 13.2 Å². The molecule has 0 saturated heterocycles.